The van der Waals surface area contributed by atoms with Crippen LogP contribution in [0.3, 0.4) is 0 Å². The van der Waals surface area contributed by atoms with Crippen molar-refractivity contribution in [3.63, 3.8) is 0 Å². The van der Waals surface area contributed by atoms with Gasteiger partial charge in [-0.25, -0.2) is 4.79 Å². The fourth-order valence-electron chi connectivity index (χ4n) is 2.31. The van der Waals surface area contributed by atoms with Gasteiger partial charge in [-0.1, -0.05) is 5.92 Å². The van der Waals surface area contributed by atoms with Crippen molar-refractivity contribution < 1.29 is 14.3 Å². The predicted molar refractivity (Wildman–Crippen MR) is 79.4 cm³/mol. The van der Waals surface area contributed by atoms with Crippen LogP contribution in [0.5, 0.6) is 11.5 Å². The number of nitrogens with two attached hydrogens (primary N) is 1. The Hall–Kier alpha value is -2.68. The van der Waals surface area contributed by atoms with E-state index < -0.39 is 18.1 Å². The van der Waals surface area contributed by atoms with Gasteiger partial charge >= 0.3 is 6.03 Å². The number of terminal acetylenes is 1. The average Bonchev–Trinajstić information content (AvgIpc) is 2.79. The molecule has 2 atom stereocenters. The molecule has 0 bridgehead atoms. The zero-order chi connectivity index (χ0) is 15.6. The van der Waals surface area contributed by atoms with Crippen LogP contribution in [0.15, 0.2) is 23.2 Å². The standard InChI is InChI=1S/C15H17N3O3/c1-5-9(2)18-13(14(16)17-15(18)19)11-7-6-10(20-3)8-12(11)21-4/h1,6-9,13H,2-4H3,(H2,16,17,19). The van der Waals surface area contributed by atoms with E-state index in [9.17, 15) is 4.79 Å². The summed E-state index contributed by atoms with van der Waals surface area (Å²) in [5, 5.41) is 0. The van der Waals surface area contributed by atoms with Crippen molar-refractivity contribution >= 4 is 11.9 Å². The number of hydrogen-bond donors (Lipinski definition) is 1. The van der Waals surface area contributed by atoms with Crippen molar-refractivity contribution in [2.45, 2.75) is 19.0 Å². The predicted octanol–water partition coefficient (Wildman–Crippen LogP) is 1.56. The third-order valence-electron chi connectivity index (χ3n) is 3.40. The smallest absolute Gasteiger partial charge is 0.347 e. The van der Waals surface area contributed by atoms with Crippen molar-refractivity contribution in [3.8, 4) is 23.8 Å². The van der Waals surface area contributed by atoms with E-state index in [1.54, 1.807) is 32.2 Å². The Labute approximate surface area is 123 Å². The summed E-state index contributed by atoms with van der Waals surface area (Å²) in [5.41, 5.74) is 6.63. The zero-order valence-corrected chi connectivity index (χ0v) is 12.2. The second kappa shape index (κ2) is 5.75. The van der Waals surface area contributed by atoms with E-state index in [1.807, 2.05) is 0 Å². The van der Waals surface area contributed by atoms with Crippen LogP contribution < -0.4 is 15.2 Å². The van der Waals surface area contributed by atoms with Crippen LogP contribution in [-0.2, 0) is 0 Å². The van der Waals surface area contributed by atoms with Gasteiger partial charge in [0.25, 0.3) is 0 Å². The number of urea groups is 1. The monoisotopic (exact) mass is 287 g/mol. The number of carbonyl (C=O) groups is 1. The SMILES string of the molecule is C#CC(C)N1C(=O)N=C(N)C1c1ccc(OC)cc1OC. The summed E-state index contributed by atoms with van der Waals surface area (Å²) in [7, 11) is 3.10. The van der Waals surface area contributed by atoms with E-state index in [4.69, 9.17) is 21.6 Å². The minimum absolute atomic E-state index is 0.200. The summed E-state index contributed by atoms with van der Waals surface area (Å²) in [4.78, 5) is 17.3. The van der Waals surface area contributed by atoms with Crippen molar-refractivity contribution in [2.75, 3.05) is 14.2 Å². The molecule has 1 aromatic rings. The first kappa shape index (κ1) is 14.7. The van der Waals surface area contributed by atoms with E-state index >= 15 is 0 Å². The molecule has 0 saturated carbocycles. The number of methoxy groups -OCH3 is 2. The summed E-state index contributed by atoms with van der Waals surface area (Å²) < 4.78 is 10.5. The molecule has 6 heteroatoms. The third-order valence-corrected chi connectivity index (χ3v) is 3.40. The van der Waals surface area contributed by atoms with Crippen LogP contribution in [0, 0.1) is 12.3 Å². The first-order valence-electron chi connectivity index (χ1n) is 6.37. The minimum Gasteiger partial charge on any atom is -0.497 e. The highest BCUT2D eigenvalue weighted by Crippen LogP contribution is 2.36. The molecule has 21 heavy (non-hydrogen) atoms. The molecule has 1 aliphatic rings. The largest absolute Gasteiger partial charge is 0.497 e. The Bertz CT molecular complexity index is 634. The minimum atomic E-state index is -0.538. The number of amides is 2. The van der Waals surface area contributed by atoms with Gasteiger partial charge in [0.1, 0.15) is 23.4 Å². The van der Waals surface area contributed by atoms with Gasteiger partial charge in [0, 0.05) is 11.6 Å². The lowest BCUT2D eigenvalue weighted by atomic mass is 10.0. The van der Waals surface area contributed by atoms with Gasteiger partial charge in [0.15, 0.2) is 0 Å². The molecule has 2 N–H and O–H groups in total. The lowest BCUT2D eigenvalue weighted by Crippen LogP contribution is -2.39. The molecule has 110 valence electrons. The quantitative estimate of drug-likeness (QED) is 0.852. The van der Waals surface area contributed by atoms with Crippen LogP contribution in [0.4, 0.5) is 4.79 Å². The number of hydrogen-bond acceptors (Lipinski definition) is 4. The van der Waals surface area contributed by atoms with E-state index in [-0.39, 0.29) is 5.84 Å². The Kier molecular flexibility index (Phi) is 4.03. The van der Waals surface area contributed by atoms with Crippen molar-refractivity contribution in [1.82, 2.24) is 4.90 Å². The highest BCUT2D eigenvalue weighted by Gasteiger charge is 2.38. The van der Waals surface area contributed by atoms with Gasteiger partial charge in [0.05, 0.1) is 20.3 Å². The van der Waals surface area contributed by atoms with Gasteiger partial charge in [0.2, 0.25) is 0 Å². The summed E-state index contributed by atoms with van der Waals surface area (Å²) in [6, 6.07) is 3.88. The highest BCUT2D eigenvalue weighted by molar-refractivity contribution is 6.03. The van der Waals surface area contributed by atoms with E-state index in [2.05, 4.69) is 10.9 Å². The molecule has 0 aliphatic carbocycles. The summed E-state index contributed by atoms with van der Waals surface area (Å²) in [5.74, 6) is 3.93. The maximum absolute atomic E-state index is 12.0. The molecule has 0 aromatic heterocycles. The first-order chi connectivity index (χ1) is 10.0. The number of ether oxygens (including phenoxy) is 2. The Morgan fingerprint density at radius 3 is 2.71 bits per heavy atom. The maximum Gasteiger partial charge on any atom is 0.347 e. The summed E-state index contributed by atoms with van der Waals surface area (Å²) in [6.07, 6.45) is 5.43. The van der Waals surface area contributed by atoms with Gasteiger partial charge < -0.3 is 15.2 Å². The Morgan fingerprint density at radius 1 is 1.43 bits per heavy atom. The summed E-state index contributed by atoms with van der Waals surface area (Å²) >= 11 is 0. The lowest BCUT2D eigenvalue weighted by molar-refractivity contribution is 0.198. The average molecular weight is 287 g/mol. The molecule has 1 aromatic carbocycles. The van der Waals surface area contributed by atoms with Crippen LogP contribution >= 0.6 is 0 Å². The number of carbonyl (C=O) groups excluding carboxylic acids is 1. The number of rotatable bonds is 4. The fourth-order valence-corrected chi connectivity index (χ4v) is 2.31. The molecule has 2 amide bonds. The molecule has 2 unspecified atom stereocenters. The Balaban J connectivity index is 2.51. The lowest BCUT2D eigenvalue weighted by Gasteiger charge is -2.28. The van der Waals surface area contributed by atoms with Gasteiger partial charge in [-0.2, -0.15) is 4.99 Å². The van der Waals surface area contributed by atoms with Crippen LogP contribution in [0.1, 0.15) is 18.5 Å². The number of aliphatic imine (C=N–C) groups is 1. The molecule has 0 fully saturated rings. The van der Waals surface area contributed by atoms with E-state index in [0.29, 0.717) is 17.1 Å². The number of nitrogens with zero attached hydrogens (tertiary/aromatic N) is 2. The molecule has 2 rings (SSSR count). The van der Waals surface area contributed by atoms with Crippen molar-refractivity contribution in [2.24, 2.45) is 10.7 Å². The Morgan fingerprint density at radius 2 is 2.14 bits per heavy atom. The van der Waals surface area contributed by atoms with Gasteiger partial charge in [-0.3, -0.25) is 4.90 Å². The zero-order valence-electron chi connectivity index (χ0n) is 12.2. The van der Waals surface area contributed by atoms with Gasteiger partial charge in [-0.15, -0.1) is 6.42 Å². The molecule has 1 aliphatic heterocycles. The molecule has 0 spiro atoms. The van der Waals surface area contributed by atoms with Crippen molar-refractivity contribution in [1.29, 1.82) is 0 Å². The van der Waals surface area contributed by atoms with Crippen LogP contribution in [0.25, 0.3) is 0 Å². The van der Waals surface area contributed by atoms with Gasteiger partial charge in [-0.05, 0) is 19.1 Å². The molecule has 1 heterocycles. The second-order valence-electron chi connectivity index (χ2n) is 4.58. The highest BCUT2D eigenvalue weighted by atomic mass is 16.5. The third kappa shape index (κ3) is 2.50. The van der Waals surface area contributed by atoms with E-state index in [1.165, 1.54) is 12.0 Å². The van der Waals surface area contributed by atoms with Crippen LogP contribution in [0.2, 0.25) is 0 Å². The molecular weight excluding hydrogens is 270 g/mol. The topological polar surface area (TPSA) is 77.2 Å². The van der Waals surface area contributed by atoms with Crippen LogP contribution in [-0.4, -0.2) is 37.0 Å². The molecular formula is C15H17N3O3. The second-order valence-corrected chi connectivity index (χ2v) is 4.58. The summed E-state index contributed by atoms with van der Waals surface area (Å²) in [6.45, 7) is 1.75. The molecule has 6 nitrogen and oxygen atoms in total. The first-order valence-corrected chi connectivity index (χ1v) is 6.37. The number of benzene rings is 1. The van der Waals surface area contributed by atoms with Crippen molar-refractivity contribution in [3.05, 3.63) is 23.8 Å². The molecule has 0 radical (unpaired) electrons. The normalized spacial score (nSPS) is 19.0. The van der Waals surface area contributed by atoms with E-state index in [0.717, 1.165) is 0 Å². The molecule has 0 saturated heterocycles. The number of amidine groups is 1. The maximum atomic E-state index is 12.0. The fraction of sp³-hybridized carbons (Fsp3) is 0.333.